The molecule has 1 saturated heterocycles. The Morgan fingerprint density at radius 1 is 1.26 bits per heavy atom. The van der Waals surface area contributed by atoms with Crippen LogP contribution in [0.1, 0.15) is 65.7 Å². The van der Waals surface area contributed by atoms with Crippen molar-refractivity contribution in [3.63, 3.8) is 0 Å². The molecule has 2 fully saturated rings. The smallest absolute Gasteiger partial charge is 0.127 e. The van der Waals surface area contributed by atoms with Crippen molar-refractivity contribution in [3.8, 4) is 0 Å². The molecule has 1 aliphatic heterocycles. The Hall–Kier alpha value is -0.370. The summed E-state index contributed by atoms with van der Waals surface area (Å²) in [6.45, 7) is 10.4. The van der Waals surface area contributed by atoms with Gasteiger partial charge in [0.1, 0.15) is 6.29 Å². The molecule has 0 spiro atoms. The summed E-state index contributed by atoms with van der Waals surface area (Å²) in [4.78, 5) is 14.2. The molecule has 19 heavy (non-hydrogen) atoms. The Bertz CT molecular complexity index is 306. The van der Waals surface area contributed by atoms with Gasteiger partial charge in [-0.15, -0.1) is 0 Å². The fourth-order valence-corrected chi connectivity index (χ4v) is 4.04. The zero-order chi connectivity index (χ0) is 13.9. The largest absolute Gasteiger partial charge is 0.303 e. The summed E-state index contributed by atoms with van der Waals surface area (Å²) < 4.78 is 0. The van der Waals surface area contributed by atoms with Crippen LogP contribution < -0.4 is 0 Å². The number of hydrogen-bond acceptors (Lipinski definition) is 2. The number of piperidine rings is 1. The molecule has 1 saturated carbocycles. The first-order valence-corrected chi connectivity index (χ1v) is 8.20. The minimum atomic E-state index is -0.0301. The standard InChI is InChI=1S/C17H31NO/c1-4-16(3)8-10-18(11-9-16)13-17(14-19)7-5-6-15(2)12-17/h14-15H,4-13H2,1-3H3. The van der Waals surface area contributed by atoms with Crippen LogP contribution >= 0.6 is 0 Å². The van der Waals surface area contributed by atoms with Gasteiger partial charge in [-0.3, -0.25) is 0 Å². The zero-order valence-corrected chi connectivity index (χ0v) is 13.1. The first-order chi connectivity index (χ1) is 9.01. The maximum Gasteiger partial charge on any atom is 0.127 e. The van der Waals surface area contributed by atoms with Gasteiger partial charge in [-0.1, -0.05) is 40.0 Å². The first-order valence-electron chi connectivity index (χ1n) is 8.20. The zero-order valence-electron chi connectivity index (χ0n) is 13.1. The molecule has 110 valence electrons. The predicted molar refractivity (Wildman–Crippen MR) is 80.2 cm³/mol. The van der Waals surface area contributed by atoms with Gasteiger partial charge in [-0.25, -0.2) is 0 Å². The summed E-state index contributed by atoms with van der Waals surface area (Å²) >= 11 is 0. The van der Waals surface area contributed by atoms with Gasteiger partial charge < -0.3 is 9.69 Å². The fourth-order valence-electron chi connectivity index (χ4n) is 4.04. The molecule has 2 heteroatoms. The molecule has 2 unspecified atom stereocenters. The van der Waals surface area contributed by atoms with E-state index in [4.69, 9.17) is 0 Å². The van der Waals surface area contributed by atoms with Crippen LogP contribution in [0.4, 0.5) is 0 Å². The van der Waals surface area contributed by atoms with E-state index in [2.05, 4.69) is 25.7 Å². The molecule has 0 N–H and O–H groups in total. The summed E-state index contributed by atoms with van der Waals surface area (Å²) in [7, 11) is 0. The number of nitrogens with zero attached hydrogens (tertiary/aromatic N) is 1. The summed E-state index contributed by atoms with van der Waals surface area (Å²) in [5.41, 5.74) is 0.516. The number of aldehydes is 1. The van der Waals surface area contributed by atoms with E-state index < -0.39 is 0 Å². The number of hydrogen-bond donors (Lipinski definition) is 0. The molecular formula is C17H31NO. The molecule has 0 radical (unpaired) electrons. The highest BCUT2D eigenvalue weighted by Gasteiger charge is 2.38. The van der Waals surface area contributed by atoms with Gasteiger partial charge in [-0.05, 0) is 50.1 Å². The third-order valence-corrected chi connectivity index (χ3v) is 5.83. The maximum atomic E-state index is 11.7. The van der Waals surface area contributed by atoms with Crippen LogP contribution in [0.25, 0.3) is 0 Å². The van der Waals surface area contributed by atoms with Crippen LogP contribution in [-0.4, -0.2) is 30.8 Å². The van der Waals surface area contributed by atoms with Crippen molar-refractivity contribution in [1.29, 1.82) is 0 Å². The molecule has 0 aromatic carbocycles. The lowest BCUT2D eigenvalue weighted by Crippen LogP contribution is -2.46. The molecule has 2 rings (SSSR count). The lowest BCUT2D eigenvalue weighted by Gasteiger charge is -2.44. The topological polar surface area (TPSA) is 20.3 Å². The van der Waals surface area contributed by atoms with Crippen molar-refractivity contribution < 1.29 is 4.79 Å². The van der Waals surface area contributed by atoms with Gasteiger partial charge >= 0.3 is 0 Å². The number of carbonyl (C=O) groups is 1. The molecule has 0 bridgehead atoms. The van der Waals surface area contributed by atoms with Crippen LogP contribution in [-0.2, 0) is 4.79 Å². The van der Waals surface area contributed by atoms with E-state index in [1.165, 1.54) is 51.5 Å². The van der Waals surface area contributed by atoms with Gasteiger partial charge in [0, 0.05) is 12.0 Å². The molecule has 0 aromatic rings. The highest BCUT2D eigenvalue weighted by atomic mass is 16.1. The van der Waals surface area contributed by atoms with E-state index in [9.17, 15) is 4.79 Å². The van der Waals surface area contributed by atoms with Crippen molar-refractivity contribution in [1.82, 2.24) is 4.90 Å². The van der Waals surface area contributed by atoms with Gasteiger partial charge in [0.25, 0.3) is 0 Å². The Morgan fingerprint density at radius 2 is 1.95 bits per heavy atom. The lowest BCUT2D eigenvalue weighted by atomic mass is 9.70. The molecule has 2 atom stereocenters. The second kappa shape index (κ2) is 5.95. The predicted octanol–water partition coefficient (Wildman–Crippen LogP) is 3.89. The second-order valence-electron chi connectivity index (χ2n) is 7.62. The third kappa shape index (κ3) is 3.59. The Morgan fingerprint density at radius 3 is 2.47 bits per heavy atom. The Labute approximate surface area is 118 Å². The van der Waals surface area contributed by atoms with Crippen molar-refractivity contribution in [3.05, 3.63) is 0 Å². The summed E-state index contributed by atoms with van der Waals surface area (Å²) in [5.74, 6) is 0.727. The Kier molecular flexibility index (Phi) is 4.70. The second-order valence-corrected chi connectivity index (χ2v) is 7.62. The van der Waals surface area contributed by atoms with Crippen LogP contribution in [0.15, 0.2) is 0 Å². The molecule has 1 aliphatic carbocycles. The van der Waals surface area contributed by atoms with Crippen LogP contribution in [0.3, 0.4) is 0 Å². The normalized spacial score (nSPS) is 36.1. The summed E-state index contributed by atoms with van der Waals surface area (Å²) in [5, 5.41) is 0. The molecule has 0 aromatic heterocycles. The van der Waals surface area contributed by atoms with Crippen LogP contribution in [0, 0.1) is 16.7 Å². The lowest BCUT2D eigenvalue weighted by molar-refractivity contribution is -0.120. The van der Waals surface area contributed by atoms with Gasteiger partial charge in [0.15, 0.2) is 0 Å². The highest BCUT2D eigenvalue weighted by Crippen LogP contribution is 2.40. The maximum absolute atomic E-state index is 11.7. The van der Waals surface area contributed by atoms with Crippen molar-refractivity contribution >= 4 is 6.29 Å². The number of rotatable bonds is 4. The molecule has 0 amide bonds. The van der Waals surface area contributed by atoms with Crippen molar-refractivity contribution in [2.45, 2.75) is 65.7 Å². The van der Waals surface area contributed by atoms with E-state index in [1.807, 2.05) is 0 Å². The van der Waals surface area contributed by atoms with Crippen LogP contribution in [0.5, 0.6) is 0 Å². The van der Waals surface area contributed by atoms with Crippen LogP contribution in [0.2, 0.25) is 0 Å². The molecule has 1 heterocycles. The van der Waals surface area contributed by atoms with Gasteiger partial charge in [-0.2, -0.15) is 0 Å². The van der Waals surface area contributed by atoms with E-state index >= 15 is 0 Å². The summed E-state index contributed by atoms with van der Waals surface area (Å²) in [6, 6.07) is 0. The fraction of sp³-hybridized carbons (Fsp3) is 0.941. The van der Waals surface area contributed by atoms with E-state index in [-0.39, 0.29) is 5.41 Å². The molecule has 2 aliphatic rings. The van der Waals surface area contributed by atoms with E-state index in [1.54, 1.807) is 0 Å². The minimum absolute atomic E-state index is 0.0301. The minimum Gasteiger partial charge on any atom is -0.303 e. The van der Waals surface area contributed by atoms with Gasteiger partial charge in [0.2, 0.25) is 0 Å². The Balaban J connectivity index is 1.91. The average Bonchev–Trinajstić information content (AvgIpc) is 2.42. The third-order valence-electron chi connectivity index (χ3n) is 5.83. The molecule has 2 nitrogen and oxygen atoms in total. The average molecular weight is 265 g/mol. The highest BCUT2D eigenvalue weighted by molar-refractivity contribution is 5.60. The van der Waals surface area contributed by atoms with Crippen molar-refractivity contribution in [2.24, 2.45) is 16.7 Å². The first kappa shape index (κ1) is 15.0. The SMILES string of the molecule is CCC1(C)CCN(CC2(C=O)CCCC(C)C2)CC1. The summed E-state index contributed by atoms with van der Waals surface area (Å²) in [6.07, 6.45) is 9.94. The number of carbonyl (C=O) groups excluding carboxylic acids is 1. The quantitative estimate of drug-likeness (QED) is 0.719. The number of likely N-dealkylation sites (tertiary alicyclic amines) is 1. The van der Waals surface area contributed by atoms with E-state index in [0.29, 0.717) is 5.41 Å². The molecular weight excluding hydrogens is 234 g/mol. The van der Waals surface area contributed by atoms with Gasteiger partial charge in [0.05, 0.1) is 0 Å². The monoisotopic (exact) mass is 265 g/mol. The van der Waals surface area contributed by atoms with E-state index in [0.717, 1.165) is 25.3 Å². The van der Waals surface area contributed by atoms with Crippen molar-refractivity contribution in [2.75, 3.05) is 19.6 Å².